The van der Waals surface area contributed by atoms with Crippen LogP contribution < -0.4 is 0 Å². The fourth-order valence-corrected chi connectivity index (χ4v) is 0.452. The molecule has 0 radical (unpaired) electrons. The Morgan fingerprint density at radius 2 is 1.60 bits per heavy atom. The molecule has 0 fully saturated rings. The normalized spacial score (nSPS) is 12.1. The van der Waals surface area contributed by atoms with Crippen molar-refractivity contribution >= 4 is 6.29 Å². The van der Waals surface area contributed by atoms with Gasteiger partial charge in [-0.05, 0) is 12.5 Å². The van der Waals surface area contributed by atoms with E-state index in [9.17, 15) is 4.79 Å². The molecule has 0 aliphatic carbocycles. The topological polar surface area (TPSA) is 17.1 Å². The van der Waals surface area contributed by atoms with Gasteiger partial charge in [-0.3, -0.25) is 4.79 Å². The van der Waals surface area contributed by atoms with Gasteiger partial charge in [-0.15, -0.1) is 0 Å². The number of carbonyl (C=O) groups excluding carboxylic acids is 1. The van der Waals surface area contributed by atoms with Gasteiger partial charge in [0.2, 0.25) is 0 Å². The lowest BCUT2D eigenvalue weighted by molar-refractivity contribution is -0.104. The summed E-state index contributed by atoms with van der Waals surface area (Å²) in [5, 5.41) is 0. The van der Waals surface area contributed by atoms with Crippen LogP contribution in [0.25, 0.3) is 0 Å². The van der Waals surface area contributed by atoms with Crippen LogP contribution in [0.2, 0.25) is 0 Å². The van der Waals surface area contributed by atoms with E-state index in [0.29, 0.717) is 0 Å². The molecule has 0 heterocycles. The van der Waals surface area contributed by atoms with Crippen LogP contribution in [0.15, 0.2) is 36.5 Å². The lowest BCUT2D eigenvalue weighted by atomic mass is 10.4. The number of carbonyl (C=O) groups is 1. The molecular formula is C9H12O. The molecule has 0 atom stereocenters. The van der Waals surface area contributed by atoms with Crippen LogP contribution in [0.3, 0.4) is 0 Å². The van der Waals surface area contributed by atoms with Crippen LogP contribution >= 0.6 is 0 Å². The molecule has 1 nitrogen and oxygen atoms in total. The van der Waals surface area contributed by atoms with E-state index in [0.717, 1.165) is 12.7 Å². The van der Waals surface area contributed by atoms with E-state index < -0.39 is 0 Å². The number of hydrogen-bond donors (Lipinski definition) is 0. The van der Waals surface area contributed by atoms with Crippen LogP contribution in [0, 0.1) is 0 Å². The summed E-state index contributed by atoms with van der Waals surface area (Å²) in [4.78, 5) is 9.76. The number of allylic oxidation sites excluding steroid dienone is 6. The minimum absolute atomic E-state index is 0.758. The summed E-state index contributed by atoms with van der Waals surface area (Å²) in [6.07, 6.45) is 12.7. The summed E-state index contributed by atoms with van der Waals surface area (Å²) >= 11 is 0. The molecule has 10 heavy (non-hydrogen) atoms. The van der Waals surface area contributed by atoms with Gasteiger partial charge in [0.1, 0.15) is 6.29 Å². The van der Waals surface area contributed by atoms with Crippen LogP contribution in [0.4, 0.5) is 0 Å². The van der Waals surface area contributed by atoms with Gasteiger partial charge in [-0.1, -0.05) is 37.3 Å². The highest BCUT2D eigenvalue weighted by Gasteiger charge is 1.62. The maximum absolute atomic E-state index is 9.76. The minimum atomic E-state index is 0.758. The molecule has 0 saturated heterocycles. The molecule has 0 spiro atoms. The monoisotopic (exact) mass is 136 g/mol. The minimum Gasteiger partial charge on any atom is -0.299 e. The molecule has 0 amide bonds. The van der Waals surface area contributed by atoms with Crippen molar-refractivity contribution in [2.24, 2.45) is 0 Å². The van der Waals surface area contributed by atoms with Crippen molar-refractivity contribution in [2.75, 3.05) is 0 Å². The van der Waals surface area contributed by atoms with Crippen LogP contribution in [0.1, 0.15) is 13.3 Å². The summed E-state index contributed by atoms with van der Waals surface area (Å²) in [5.74, 6) is 0. The molecule has 54 valence electrons. The Labute approximate surface area is 61.8 Å². The van der Waals surface area contributed by atoms with E-state index in [1.54, 1.807) is 6.08 Å². The van der Waals surface area contributed by atoms with Gasteiger partial charge in [0.15, 0.2) is 0 Å². The van der Waals surface area contributed by atoms with Gasteiger partial charge >= 0.3 is 0 Å². The van der Waals surface area contributed by atoms with Crippen molar-refractivity contribution in [1.82, 2.24) is 0 Å². The molecule has 0 saturated carbocycles. The first kappa shape index (κ1) is 8.89. The van der Waals surface area contributed by atoms with Gasteiger partial charge in [0, 0.05) is 0 Å². The highest BCUT2D eigenvalue weighted by Crippen LogP contribution is 1.81. The van der Waals surface area contributed by atoms with Crippen molar-refractivity contribution in [3.8, 4) is 0 Å². The van der Waals surface area contributed by atoms with Gasteiger partial charge in [-0.2, -0.15) is 0 Å². The molecule has 0 unspecified atom stereocenters. The molecule has 0 aromatic carbocycles. The Hall–Kier alpha value is -1.11. The lowest BCUT2D eigenvalue weighted by Crippen LogP contribution is -1.56. The zero-order valence-electron chi connectivity index (χ0n) is 6.16. The van der Waals surface area contributed by atoms with Crippen molar-refractivity contribution in [3.05, 3.63) is 36.5 Å². The van der Waals surface area contributed by atoms with E-state index in [2.05, 4.69) is 6.92 Å². The largest absolute Gasteiger partial charge is 0.299 e. The quantitative estimate of drug-likeness (QED) is 0.329. The van der Waals surface area contributed by atoms with Gasteiger partial charge < -0.3 is 0 Å². The Balaban J connectivity index is 3.46. The second-order valence-corrected chi connectivity index (χ2v) is 1.74. The van der Waals surface area contributed by atoms with E-state index >= 15 is 0 Å². The van der Waals surface area contributed by atoms with Gasteiger partial charge in [0.25, 0.3) is 0 Å². The fourth-order valence-electron chi connectivity index (χ4n) is 0.452. The summed E-state index contributed by atoms with van der Waals surface area (Å²) in [6.45, 7) is 2.08. The third-order valence-electron chi connectivity index (χ3n) is 0.895. The van der Waals surface area contributed by atoms with E-state index in [1.165, 1.54) is 6.08 Å². The fraction of sp³-hybridized carbons (Fsp3) is 0.222. The first-order valence-electron chi connectivity index (χ1n) is 3.35. The SMILES string of the molecule is CC\C=C/C=C/C=C/C=O. The summed E-state index contributed by atoms with van der Waals surface area (Å²) in [6, 6.07) is 0. The number of hydrogen-bond acceptors (Lipinski definition) is 1. The first-order valence-corrected chi connectivity index (χ1v) is 3.35. The zero-order valence-corrected chi connectivity index (χ0v) is 6.16. The zero-order chi connectivity index (χ0) is 7.66. The van der Waals surface area contributed by atoms with Gasteiger partial charge in [-0.25, -0.2) is 0 Å². The molecule has 0 bridgehead atoms. The Bertz CT molecular complexity index is 152. The highest BCUT2D eigenvalue weighted by atomic mass is 16.1. The Morgan fingerprint density at radius 1 is 1.00 bits per heavy atom. The van der Waals surface area contributed by atoms with Crippen molar-refractivity contribution in [1.29, 1.82) is 0 Å². The Morgan fingerprint density at radius 3 is 2.20 bits per heavy atom. The smallest absolute Gasteiger partial charge is 0.142 e. The Kier molecular flexibility index (Phi) is 7.01. The van der Waals surface area contributed by atoms with Crippen LogP contribution in [0.5, 0.6) is 0 Å². The average molecular weight is 136 g/mol. The first-order chi connectivity index (χ1) is 4.91. The van der Waals surface area contributed by atoms with Crippen molar-refractivity contribution in [3.63, 3.8) is 0 Å². The van der Waals surface area contributed by atoms with Crippen molar-refractivity contribution in [2.45, 2.75) is 13.3 Å². The average Bonchev–Trinajstić information content (AvgIpc) is 1.97. The molecule has 0 aliphatic heterocycles. The maximum Gasteiger partial charge on any atom is 0.142 e. The maximum atomic E-state index is 9.76. The molecular weight excluding hydrogens is 124 g/mol. The standard InChI is InChI=1S/C9H12O/c1-2-3-4-5-6-7-8-9-10/h3-9H,2H2,1H3/b4-3-,6-5+,8-7+. The third kappa shape index (κ3) is 6.89. The third-order valence-corrected chi connectivity index (χ3v) is 0.895. The second-order valence-electron chi connectivity index (χ2n) is 1.74. The number of rotatable bonds is 4. The second kappa shape index (κ2) is 7.89. The van der Waals surface area contributed by atoms with E-state index in [4.69, 9.17) is 0 Å². The predicted octanol–water partition coefficient (Wildman–Crippen LogP) is 2.26. The molecule has 0 aromatic heterocycles. The summed E-state index contributed by atoms with van der Waals surface area (Å²) in [7, 11) is 0. The summed E-state index contributed by atoms with van der Waals surface area (Å²) in [5.41, 5.74) is 0. The van der Waals surface area contributed by atoms with Gasteiger partial charge in [0.05, 0.1) is 0 Å². The molecule has 0 aliphatic rings. The van der Waals surface area contributed by atoms with Crippen molar-refractivity contribution < 1.29 is 4.79 Å². The number of aldehydes is 1. The molecule has 0 rings (SSSR count). The van der Waals surface area contributed by atoms with Crippen LogP contribution in [-0.4, -0.2) is 6.29 Å². The van der Waals surface area contributed by atoms with E-state index in [-0.39, 0.29) is 0 Å². The highest BCUT2D eigenvalue weighted by molar-refractivity contribution is 5.65. The molecule has 0 N–H and O–H groups in total. The predicted molar refractivity (Wildman–Crippen MR) is 43.8 cm³/mol. The summed E-state index contributed by atoms with van der Waals surface area (Å²) < 4.78 is 0. The molecule has 0 aromatic rings. The lowest BCUT2D eigenvalue weighted by Gasteiger charge is -1.72. The molecule has 1 heteroatoms. The van der Waals surface area contributed by atoms with E-state index in [1.807, 2.05) is 24.3 Å². The van der Waals surface area contributed by atoms with Crippen LogP contribution in [-0.2, 0) is 4.79 Å².